The van der Waals surface area contributed by atoms with E-state index in [1.807, 2.05) is 12.1 Å². The highest BCUT2D eigenvalue weighted by Gasteiger charge is 2.24. The number of fused-ring (bicyclic) bond motifs is 1. The van der Waals surface area contributed by atoms with Crippen LogP contribution in [0.4, 0.5) is 5.69 Å². The topological polar surface area (TPSA) is 29.1 Å². The van der Waals surface area contributed by atoms with E-state index < -0.39 is 0 Å². The molecule has 2 heteroatoms. The Labute approximate surface area is 126 Å². The summed E-state index contributed by atoms with van der Waals surface area (Å²) in [5.74, 6) is 0.483. The molecule has 1 aliphatic rings. The molecule has 1 amide bonds. The maximum absolute atomic E-state index is 12.3. The van der Waals surface area contributed by atoms with Crippen LogP contribution in [0, 0.1) is 13.8 Å². The van der Waals surface area contributed by atoms with E-state index in [1.165, 1.54) is 16.7 Å². The Hall–Kier alpha value is -2.09. The second-order valence-electron chi connectivity index (χ2n) is 5.93. The highest BCUT2D eigenvalue weighted by atomic mass is 16.1. The molecule has 108 valence electrons. The number of hydrogen-bond acceptors (Lipinski definition) is 1. The molecule has 0 saturated carbocycles. The molecule has 0 bridgehead atoms. The predicted octanol–water partition coefficient (Wildman–Crippen LogP) is 4.36. The van der Waals surface area contributed by atoms with Gasteiger partial charge in [0, 0.05) is 12.1 Å². The van der Waals surface area contributed by atoms with Gasteiger partial charge >= 0.3 is 0 Å². The number of carbonyl (C=O) groups is 1. The average Bonchev–Trinajstić information content (AvgIpc) is 2.87. The lowest BCUT2D eigenvalue weighted by atomic mass is 9.97. The van der Waals surface area contributed by atoms with E-state index in [2.05, 4.69) is 49.5 Å². The summed E-state index contributed by atoms with van der Waals surface area (Å²) in [4.78, 5) is 12.3. The van der Waals surface area contributed by atoms with Crippen molar-refractivity contribution in [3.63, 3.8) is 0 Å². The monoisotopic (exact) mass is 279 g/mol. The molecule has 2 aromatic rings. The predicted molar refractivity (Wildman–Crippen MR) is 86.7 cm³/mol. The number of benzene rings is 2. The molecule has 21 heavy (non-hydrogen) atoms. The lowest BCUT2D eigenvalue weighted by Crippen LogP contribution is -2.15. The summed E-state index contributed by atoms with van der Waals surface area (Å²) in [6.07, 6.45) is 2.75. The van der Waals surface area contributed by atoms with E-state index in [-0.39, 0.29) is 5.91 Å². The molecular weight excluding hydrogens is 258 g/mol. The first-order chi connectivity index (χ1) is 10.1. The smallest absolute Gasteiger partial charge is 0.224 e. The molecule has 2 aromatic carbocycles. The van der Waals surface area contributed by atoms with E-state index in [0.29, 0.717) is 12.3 Å². The van der Waals surface area contributed by atoms with E-state index in [0.717, 1.165) is 24.1 Å². The fraction of sp³-hybridized carbons (Fsp3) is 0.316. The van der Waals surface area contributed by atoms with Crippen LogP contribution in [0.25, 0.3) is 0 Å². The molecule has 3 rings (SSSR count). The Morgan fingerprint density at radius 2 is 1.95 bits per heavy atom. The van der Waals surface area contributed by atoms with Gasteiger partial charge in [-0.15, -0.1) is 0 Å². The van der Waals surface area contributed by atoms with Crippen LogP contribution in [0.3, 0.4) is 0 Å². The second-order valence-corrected chi connectivity index (χ2v) is 5.93. The Kier molecular flexibility index (Phi) is 3.78. The quantitative estimate of drug-likeness (QED) is 0.888. The first-order valence-electron chi connectivity index (χ1n) is 7.59. The van der Waals surface area contributed by atoms with Crippen molar-refractivity contribution in [2.45, 2.75) is 39.0 Å². The highest BCUT2D eigenvalue weighted by molar-refractivity contribution is 5.92. The standard InChI is InChI=1S/C19H21NO/c1-13-6-5-9-18(14(13)2)20-19(21)12-16-11-10-15-7-3-4-8-17(15)16/h3-9,16H,10-12H2,1-2H3,(H,20,21). The van der Waals surface area contributed by atoms with Gasteiger partial charge in [0.25, 0.3) is 0 Å². The summed E-state index contributed by atoms with van der Waals surface area (Å²) in [7, 11) is 0. The van der Waals surface area contributed by atoms with Crippen LogP contribution in [0.1, 0.15) is 41.0 Å². The van der Waals surface area contributed by atoms with Gasteiger partial charge in [0.1, 0.15) is 0 Å². The maximum Gasteiger partial charge on any atom is 0.224 e. The van der Waals surface area contributed by atoms with Gasteiger partial charge in [0.15, 0.2) is 0 Å². The van der Waals surface area contributed by atoms with Crippen LogP contribution in [-0.4, -0.2) is 5.91 Å². The van der Waals surface area contributed by atoms with Crippen molar-refractivity contribution in [3.8, 4) is 0 Å². The SMILES string of the molecule is Cc1cccc(NC(=O)CC2CCc3ccccc32)c1C. The lowest BCUT2D eigenvalue weighted by molar-refractivity contribution is -0.116. The van der Waals surface area contributed by atoms with Gasteiger partial charge in [-0.25, -0.2) is 0 Å². The van der Waals surface area contributed by atoms with Crippen molar-refractivity contribution in [1.29, 1.82) is 0 Å². The Morgan fingerprint density at radius 1 is 1.14 bits per heavy atom. The summed E-state index contributed by atoms with van der Waals surface area (Å²) in [5, 5.41) is 3.07. The normalized spacial score (nSPS) is 16.6. The summed E-state index contributed by atoms with van der Waals surface area (Å²) in [6, 6.07) is 14.5. The van der Waals surface area contributed by atoms with Crippen LogP contribution in [0.15, 0.2) is 42.5 Å². The number of nitrogens with one attached hydrogen (secondary N) is 1. The first-order valence-corrected chi connectivity index (χ1v) is 7.59. The molecule has 0 aromatic heterocycles. The summed E-state index contributed by atoms with van der Waals surface area (Å²) < 4.78 is 0. The van der Waals surface area contributed by atoms with Crippen molar-refractivity contribution >= 4 is 11.6 Å². The van der Waals surface area contributed by atoms with E-state index in [1.54, 1.807) is 0 Å². The highest BCUT2D eigenvalue weighted by Crippen LogP contribution is 2.35. The van der Waals surface area contributed by atoms with E-state index in [4.69, 9.17) is 0 Å². The molecule has 0 spiro atoms. The van der Waals surface area contributed by atoms with Gasteiger partial charge in [-0.05, 0) is 60.9 Å². The summed E-state index contributed by atoms with van der Waals surface area (Å²) in [6.45, 7) is 4.12. The second kappa shape index (κ2) is 5.72. The van der Waals surface area contributed by atoms with E-state index in [9.17, 15) is 4.79 Å². The molecule has 2 nitrogen and oxygen atoms in total. The first kappa shape index (κ1) is 13.9. The van der Waals surface area contributed by atoms with Crippen molar-refractivity contribution < 1.29 is 4.79 Å². The van der Waals surface area contributed by atoms with E-state index >= 15 is 0 Å². The lowest BCUT2D eigenvalue weighted by Gasteiger charge is -2.14. The van der Waals surface area contributed by atoms with Crippen molar-refractivity contribution in [2.75, 3.05) is 5.32 Å². The number of rotatable bonds is 3. The van der Waals surface area contributed by atoms with Crippen LogP contribution >= 0.6 is 0 Å². The molecular formula is C19H21NO. The summed E-state index contributed by atoms with van der Waals surface area (Å²) in [5.41, 5.74) is 6.05. The Morgan fingerprint density at radius 3 is 2.81 bits per heavy atom. The molecule has 0 saturated heterocycles. The zero-order valence-corrected chi connectivity index (χ0v) is 12.6. The molecule has 1 N–H and O–H groups in total. The van der Waals surface area contributed by atoms with Crippen molar-refractivity contribution in [3.05, 3.63) is 64.7 Å². The van der Waals surface area contributed by atoms with Gasteiger partial charge in [0.2, 0.25) is 5.91 Å². The van der Waals surface area contributed by atoms with Gasteiger partial charge in [-0.3, -0.25) is 4.79 Å². The third-order valence-electron chi connectivity index (χ3n) is 4.57. The largest absolute Gasteiger partial charge is 0.326 e. The van der Waals surface area contributed by atoms with Gasteiger partial charge < -0.3 is 5.32 Å². The molecule has 0 radical (unpaired) electrons. The van der Waals surface area contributed by atoms with Crippen molar-refractivity contribution in [1.82, 2.24) is 0 Å². The minimum absolute atomic E-state index is 0.116. The number of hydrogen-bond donors (Lipinski definition) is 1. The minimum atomic E-state index is 0.116. The average molecular weight is 279 g/mol. The fourth-order valence-corrected chi connectivity index (χ4v) is 3.17. The van der Waals surface area contributed by atoms with Crippen molar-refractivity contribution in [2.24, 2.45) is 0 Å². The van der Waals surface area contributed by atoms with Gasteiger partial charge in [-0.1, -0.05) is 36.4 Å². The van der Waals surface area contributed by atoms with Crippen LogP contribution in [-0.2, 0) is 11.2 Å². The number of aryl methyl sites for hydroxylation is 2. The third-order valence-corrected chi connectivity index (χ3v) is 4.57. The zero-order valence-electron chi connectivity index (χ0n) is 12.6. The number of carbonyl (C=O) groups excluding carboxylic acids is 1. The molecule has 0 fully saturated rings. The summed E-state index contributed by atoms with van der Waals surface area (Å²) >= 11 is 0. The van der Waals surface area contributed by atoms with Crippen LogP contribution < -0.4 is 5.32 Å². The zero-order chi connectivity index (χ0) is 14.8. The molecule has 0 aliphatic heterocycles. The Balaban J connectivity index is 1.69. The van der Waals surface area contributed by atoms with Crippen LogP contribution in [0.2, 0.25) is 0 Å². The molecule has 1 atom stereocenters. The Bertz CT molecular complexity index is 675. The molecule has 0 heterocycles. The van der Waals surface area contributed by atoms with Gasteiger partial charge in [0.05, 0.1) is 0 Å². The van der Waals surface area contributed by atoms with Gasteiger partial charge in [-0.2, -0.15) is 0 Å². The molecule has 1 aliphatic carbocycles. The number of amides is 1. The third kappa shape index (κ3) is 2.85. The fourth-order valence-electron chi connectivity index (χ4n) is 3.17. The van der Waals surface area contributed by atoms with Crippen LogP contribution in [0.5, 0.6) is 0 Å². The minimum Gasteiger partial charge on any atom is -0.326 e. The molecule has 1 unspecified atom stereocenters. The number of anilines is 1. The maximum atomic E-state index is 12.3.